The molecule has 7 nitrogen and oxygen atoms in total. The van der Waals surface area contributed by atoms with Gasteiger partial charge in [0.25, 0.3) is 0 Å². The van der Waals surface area contributed by atoms with Gasteiger partial charge in [-0.1, -0.05) is 11.8 Å². The van der Waals surface area contributed by atoms with Crippen LogP contribution in [-0.4, -0.2) is 53.8 Å². The van der Waals surface area contributed by atoms with Crippen molar-refractivity contribution in [1.29, 1.82) is 0 Å². The fourth-order valence-corrected chi connectivity index (χ4v) is 1.49. The minimum atomic E-state index is -0.351. The van der Waals surface area contributed by atoms with Gasteiger partial charge in [0, 0.05) is 21.3 Å². The van der Waals surface area contributed by atoms with Gasteiger partial charge in [0.15, 0.2) is 6.29 Å². The number of tetrazole rings is 1. The Bertz CT molecular complexity index is 279. The normalized spacial score (nSPS) is 11.2. The maximum absolute atomic E-state index is 5.05. The van der Waals surface area contributed by atoms with E-state index < -0.39 is 0 Å². The summed E-state index contributed by atoms with van der Waals surface area (Å²) in [6.07, 6.45) is -0.351. The van der Waals surface area contributed by atoms with Gasteiger partial charge in [-0.2, -0.15) is 0 Å². The van der Waals surface area contributed by atoms with Gasteiger partial charge in [-0.15, -0.1) is 5.10 Å². The first-order chi connectivity index (χ1) is 7.31. The van der Waals surface area contributed by atoms with Crippen molar-refractivity contribution in [3.63, 3.8) is 0 Å². The molecule has 1 rings (SSSR count). The lowest BCUT2D eigenvalue weighted by Crippen LogP contribution is -2.22. The van der Waals surface area contributed by atoms with E-state index in [2.05, 4.69) is 15.5 Å². The van der Waals surface area contributed by atoms with Crippen molar-refractivity contribution in [3.05, 3.63) is 0 Å². The number of rotatable bonds is 7. The first-order valence-electron chi connectivity index (χ1n) is 4.25. The average Bonchev–Trinajstić information content (AvgIpc) is 2.70. The van der Waals surface area contributed by atoms with Crippen molar-refractivity contribution in [2.45, 2.75) is 18.0 Å². The molecule has 0 aliphatic carbocycles. The van der Waals surface area contributed by atoms with E-state index in [9.17, 15) is 0 Å². The Morgan fingerprint density at radius 2 is 2.07 bits per heavy atom. The predicted octanol–water partition coefficient (Wildman–Crippen LogP) is -0.0120. The molecule has 15 heavy (non-hydrogen) atoms. The monoisotopic (exact) mass is 234 g/mol. The van der Waals surface area contributed by atoms with Crippen LogP contribution in [0, 0.1) is 0 Å². The number of hydrogen-bond donors (Lipinski definition) is 0. The van der Waals surface area contributed by atoms with E-state index in [0.29, 0.717) is 17.6 Å². The van der Waals surface area contributed by atoms with Crippen LogP contribution < -0.4 is 0 Å². The Hall–Kier alpha value is -0.700. The van der Waals surface area contributed by atoms with E-state index in [0.717, 1.165) is 0 Å². The molecular weight excluding hydrogens is 220 g/mol. The molecule has 0 saturated heterocycles. The second-order valence-electron chi connectivity index (χ2n) is 2.60. The highest BCUT2D eigenvalue weighted by molar-refractivity contribution is 7.99. The topological polar surface area (TPSA) is 71.3 Å². The van der Waals surface area contributed by atoms with Crippen LogP contribution in [0.2, 0.25) is 0 Å². The minimum absolute atomic E-state index is 0.351. The van der Waals surface area contributed by atoms with Crippen molar-refractivity contribution in [1.82, 2.24) is 20.2 Å². The van der Waals surface area contributed by atoms with Gasteiger partial charge in [0.2, 0.25) is 5.16 Å². The van der Waals surface area contributed by atoms with Gasteiger partial charge in [0.05, 0.1) is 12.5 Å². The van der Waals surface area contributed by atoms with E-state index >= 15 is 0 Å². The van der Waals surface area contributed by atoms with Gasteiger partial charge < -0.3 is 14.2 Å². The molecule has 1 heterocycles. The molecule has 0 aliphatic rings. The van der Waals surface area contributed by atoms with Gasteiger partial charge in [-0.3, -0.25) is 0 Å². The Labute approximate surface area is 92.1 Å². The maximum atomic E-state index is 5.05. The van der Waals surface area contributed by atoms with E-state index in [1.54, 1.807) is 26.0 Å². The fourth-order valence-electron chi connectivity index (χ4n) is 0.913. The van der Waals surface area contributed by atoms with Gasteiger partial charge in [0.1, 0.15) is 0 Å². The molecule has 0 radical (unpaired) electrons. The third-order valence-electron chi connectivity index (χ3n) is 1.65. The zero-order valence-electron chi connectivity index (χ0n) is 8.91. The third-order valence-corrected chi connectivity index (χ3v) is 2.56. The van der Waals surface area contributed by atoms with Crippen molar-refractivity contribution >= 4 is 11.8 Å². The van der Waals surface area contributed by atoms with Gasteiger partial charge in [-0.05, 0) is 10.4 Å². The third kappa shape index (κ3) is 3.74. The molecule has 0 spiro atoms. The summed E-state index contributed by atoms with van der Waals surface area (Å²) in [7, 11) is 4.76. The van der Waals surface area contributed by atoms with E-state index in [1.807, 2.05) is 0 Å². The van der Waals surface area contributed by atoms with Crippen molar-refractivity contribution in [2.24, 2.45) is 0 Å². The highest BCUT2D eigenvalue weighted by Gasteiger charge is 2.12. The second kappa shape index (κ2) is 6.72. The molecule has 0 unspecified atom stereocenters. The molecule has 0 aliphatic heterocycles. The van der Waals surface area contributed by atoms with Crippen molar-refractivity contribution in [2.75, 3.05) is 27.3 Å². The number of thioether (sulfide) groups is 1. The molecule has 0 N–H and O–H groups in total. The summed E-state index contributed by atoms with van der Waals surface area (Å²) in [6, 6.07) is 0. The lowest BCUT2D eigenvalue weighted by atomic mass is 10.6. The fraction of sp³-hybridized carbons (Fsp3) is 0.857. The van der Waals surface area contributed by atoms with Crippen molar-refractivity contribution < 1.29 is 14.2 Å². The summed E-state index contributed by atoms with van der Waals surface area (Å²) >= 11 is 1.41. The number of methoxy groups -OCH3 is 3. The summed E-state index contributed by atoms with van der Waals surface area (Å²) in [5.74, 6) is 0.505. The van der Waals surface area contributed by atoms with Crippen LogP contribution in [0.5, 0.6) is 0 Å². The van der Waals surface area contributed by atoms with Crippen LogP contribution in [0.15, 0.2) is 5.16 Å². The number of hydrogen-bond acceptors (Lipinski definition) is 7. The highest BCUT2D eigenvalue weighted by Crippen LogP contribution is 2.13. The Morgan fingerprint density at radius 3 is 2.67 bits per heavy atom. The summed E-state index contributed by atoms with van der Waals surface area (Å²) in [5.41, 5.74) is 0. The molecule has 0 fully saturated rings. The number of ether oxygens (including phenoxy) is 3. The summed E-state index contributed by atoms with van der Waals surface area (Å²) in [6.45, 7) is 0.450. The molecule has 0 saturated carbocycles. The lowest BCUT2D eigenvalue weighted by molar-refractivity contribution is -0.113. The van der Waals surface area contributed by atoms with Crippen LogP contribution in [0.1, 0.15) is 0 Å². The molecular formula is C7H14N4O3S. The Balaban J connectivity index is 2.55. The zero-order chi connectivity index (χ0) is 11.1. The molecule has 0 amide bonds. The van der Waals surface area contributed by atoms with Crippen LogP contribution in [0.3, 0.4) is 0 Å². The second-order valence-corrected chi connectivity index (χ2v) is 3.48. The maximum Gasteiger partial charge on any atom is 0.211 e. The van der Waals surface area contributed by atoms with Gasteiger partial charge in [-0.25, -0.2) is 4.68 Å². The molecule has 86 valence electrons. The average molecular weight is 234 g/mol. The van der Waals surface area contributed by atoms with Crippen molar-refractivity contribution in [3.8, 4) is 0 Å². The van der Waals surface area contributed by atoms with E-state index in [-0.39, 0.29) is 6.29 Å². The molecule has 1 aromatic rings. The first kappa shape index (κ1) is 12.4. The van der Waals surface area contributed by atoms with E-state index in [4.69, 9.17) is 14.2 Å². The molecule has 1 aromatic heterocycles. The Morgan fingerprint density at radius 1 is 1.33 bits per heavy atom. The molecule has 0 atom stereocenters. The number of aromatic nitrogens is 4. The Kier molecular flexibility index (Phi) is 5.54. The van der Waals surface area contributed by atoms with E-state index in [1.165, 1.54) is 11.8 Å². The van der Waals surface area contributed by atoms with Gasteiger partial charge >= 0.3 is 0 Å². The standard InChI is InChI=1S/C7H14N4O3S/c1-12-5-15-7-8-9-10-11(7)4-6(13-2)14-3/h6H,4-5H2,1-3H3. The van der Waals surface area contributed by atoms with Crippen LogP contribution in [0.25, 0.3) is 0 Å². The van der Waals surface area contributed by atoms with Crippen LogP contribution in [0.4, 0.5) is 0 Å². The lowest BCUT2D eigenvalue weighted by Gasteiger charge is -2.13. The predicted molar refractivity (Wildman–Crippen MR) is 53.4 cm³/mol. The quantitative estimate of drug-likeness (QED) is 0.485. The van der Waals surface area contributed by atoms with Crippen LogP contribution >= 0.6 is 11.8 Å². The molecule has 0 aromatic carbocycles. The summed E-state index contributed by atoms with van der Waals surface area (Å²) < 4.78 is 16.6. The first-order valence-corrected chi connectivity index (χ1v) is 5.23. The van der Waals surface area contributed by atoms with Crippen LogP contribution in [-0.2, 0) is 20.8 Å². The number of nitrogens with zero attached hydrogens (tertiary/aromatic N) is 4. The largest absolute Gasteiger partial charge is 0.374 e. The smallest absolute Gasteiger partial charge is 0.211 e. The summed E-state index contributed by atoms with van der Waals surface area (Å²) in [4.78, 5) is 0. The SMILES string of the molecule is COCSc1nnnn1CC(OC)OC. The minimum Gasteiger partial charge on any atom is -0.374 e. The highest BCUT2D eigenvalue weighted by atomic mass is 32.2. The molecule has 8 heteroatoms. The summed E-state index contributed by atoms with van der Waals surface area (Å²) in [5, 5.41) is 11.9. The zero-order valence-corrected chi connectivity index (χ0v) is 9.73. The molecule has 0 bridgehead atoms.